The Morgan fingerprint density at radius 3 is 2.74 bits per heavy atom. The van der Waals surface area contributed by atoms with Gasteiger partial charge < -0.3 is 15.0 Å². The summed E-state index contributed by atoms with van der Waals surface area (Å²) >= 11 is 0. The second-order valence-corrected chi connectivity index (χ2v) is 5.37. The van der Waals surface area contributed by atoms with Crippen molar-refractivity contribution in [2.75, 3.05) is 31.2 Å². The summed E-state index contributed by atoms with van der Waals surface area (Å²) in [4.78, 5) is 22.9. The minimum atomic E-state index is -0.0309. The Balaban J connectivity index is 1.54. The molecule has 1 N–H and O–H groups in total. The second-order valence-electron chi connectivity index (χ2n) is 5.37. The molecule has 6 nitrogen and oxygen atoms in total. The zero-order valence-corrected chi connectivity index (χ0v) is 12.9. The van der Waals surface area contributed by atoms with Crippen LogP contribution >= 0.6 is 0 Å². The van der Waals surface area contributed by atoms with Crippen molar-refractivity contribution < 1.29 is 9.53 Å². The van der Waals surface area contributed by atoms with Crippen molar-refractivity contribution in [3.05, 3.63) is 54.0 Å². The van der Waals surface area contributed by atoms with Gasteiger partial charge in [-0.3, -0.25) is 4.79 Å². The number of nitrogens with zero attached hydrogens (tertiary/aromatic N) is 3. The number of aromatic nitrogens is 2. The molecular formula is C17H20N4O2. The van der Waals surface area contributed by atoms with E-state index >= 15 is 0 Å². The number of amides is 1. The van der Waals surface area contributed by atoms with Crippen LogP contribution in [0.4, 0.5) is 5.82 Å². The summed E-state index contributed by atoms with van der Waals surface area (Å²) in [5.74, 6) is 1.47. The van der Waals surface area contributed by atoms with E-state index in [1.807, 2.05) is 36.4 Å². The van der Waals surface area contributed by atoms with Crippen LogP contribution in [-0.2, 0) is 22.5 Å². The van der Waals surface area contributed by atoms with Crippen molar-refractivity contribution in [3.8, 4) is 0 Å². The first kappa shape index (κ1) is 15.4. The van der Waals surface area contributed by atoms with Gasteiger partial charge >= 0.3 is 0 Å². The van der Waals surface area contributed by atoms with E-state index in [1.165, 1.54) is 0 Å². The van der Waals surface area contributed by atoms with Gasteiger partial charge in [-0.15, -0.1) is 0 Å². The van der Waals surface area contributed by atoms with E-state index in [0.717, 1.165) is 24.5 Å². The summed E-state index contributed by atoms with van der Waals surface area (Å²) in [5, 5.41) is 2.87. The highest BCUT2D eigenvalue weighted by molar-refractivity contribution is 5.78. The van der Waals surface area contributed by atoms with Crippen LogP contribution in [0, 0.1) is 0 Å². The van der Waals surface area contributed by atoms with Crippen molar-refractivity contribution in [1.29, 1.82) is 0 Å². The number of benzene rings is 1. The van der Waals surface area contributed by atoms with Crippen LogP contribution in [0.1, 0.15) is 11.4 Å². The molecule has 3 rings (SSSR count). The summed E-state index contributed by atoms with van der Waals surface area (Å²) in [6.07, 6.45) is 2.10. The van der Waals surface area contributed by atoms with Crippen LogP contribution in [0.5, 0.6) is 0 Å². The summed E-state index contributed by atoms with van der Waals surface area (Å²) in [6.45, 7) is 3.43. The molecule has 1 aromatic carbocycles. The lowest BCUT2D eigenvalue weighted by Gasteiger charge is -2.27. The largest absolute Gasteiger partial charge is 0.378 e. The molecule has 1 fully saturated rings. The highest BCUT2D eigenvalue weighted by Gasteiger charge is 2.13. The molecule has 1 aliphatic rings. The minimum Gasteiger partial charge on any atom is -0.378 e. The van der Waals surface area contributed by atoms with Crippen LogP contribution in [-0.4, -0.2) is 42.2 Å². The minimum absolute atomic E-state index is 0.0309. The fourth-order valence-electron chi connectivity index (χ4n) is 2.46. The lowest BCUT2D eigenvalue weighted by Crippen LogP contribution is -2.37. The highest BCUT2D eigenvalue weighted by Crippen LogP contribution is 2.11. The molecule has 0 bridgehead atoms. The molecule has 0 unspecified atom stereocenters. The van der Waals surface area contributed by atoms with Gasteiger partial charge in [0.25, 0.3) is 0 Å². The lowest BCUT2D eigenvalue weighted by molar-refractivity contribution is -0.120. The number of hydrogen-bond donors (Lipinski definition) is 1. The molecule has 6 heteroatoms. The Morgan fingerprint density at radius 2 is 1.96 bits per heavy atom. The zero-order valence-electron chi connectivity index (χ0n) is 12.9. The van der Waals surface area contributed by atoms with Gasteiger partial charge in [-0.1, -0.05) is 30.3 Å². The van der Waals surface area contributed by atoms with Crippen molar-refractivity contribution in [3.63, 3.8) is 0 Å². The number of ether oxygens (including phenoxy) is 1. The highest BCUT2D eigenvalue weighted by atomic mass is 16.5. The number of carbonyl (C=O) groups is 1. The Hall–Kier alpha value is -2.47. The summed E-state index contributed by atoms with van der Waals surface area (Å²) in [7, 11) is 0. The summed E-state index contributed by atoms with van der Waals surface area (Å²) in [6, 6.07) is 11.6. The molecule has 2 heterocycles. The second kappa shape index (κ2) is 7.69. The summed E-state index contributed by atoms with van der Waals surface area (Å²) < 4.78 is 5.34. The Kier molecular flexibility index (Phi) is 5.16. The fraction of sp³-hybridized carbons (Fsp3) is 0.353. The molecule has 1 aliphatic heterocycles. The van der Waals surface area contributed by atoms with Crippen molar-refractivity contribution in [1.82, 2.24) is 15.3 Å². The van der Waals surface area contributed by atoms with E-state index in [9.17, 15) is 4.79 Å². The van der Waals surface area contributed by atoms with Gasteiger partial charge in [0, 0.05) is 19.3 Å². The van der Waals surface area contributed by atoms with Gasteiger partial charge in [-0.05, 0) is 11.6 Å². The van der Waals surface area contributed by atoms with Crippen LogP contribution in [0.25, 0.3) is 0 Å². The van der Waals surface area contributed by atoms with E-state index in [4.69, 9.17) is 4.74 Å². The molecule has 1 saturated heterocycles. The number of nitrogens with one attached hydrogen (secondary N) is 1. The topological polar surface area (TPSA) is 67.4 Å². The first-order valence-electron chi connectivity index (χ1n) is 7.76. The maximum Gasteiger partial charge on any atom is 0.224 e. The lowest BCUT2D eigenvalue weighted by atomic mass is 10.1. The van der Waals surface area contributed by atoms with E-state index in [1.54, 1.807) is 6.20 Å². The van der Waals surface area contributed by atoms with E-state index in [0.29, 0.717) is 32.0 Å². The van der Waals surface area contributed by atoms with Crippen LogP contribution in [0.3, 0.4) is 0 Å². The third-order valence-electron chi connectivity index (χ3n) is 3.68. The van der Waals surface area contributed by atoms with Crippen LogP contribution in [0.2, 0.25) is 0 Å². The smallest absolute Gasteiger partial charge is 0.224 e. The molecule has 0 spiro atoms. The first-order valence-corrected chi connectivity index (χ1v) is 7.76. The number of anilines is 1. The number of carbonyl (C=O) groups excluding carboxylic acids is 1. The van der Waals surface area contributed by atoms with Crippen LogP contribution < -0.4 is 10.2 Å². The molecule has 2 aromatic rings. The molecule has 0 radical (unpaired) electrons. The van der Waals surface area contributed by atoms with Gasteiger partial charge in [-0.25, -0.2) is 9.97 Å². The Labute approximate surface area is 135 Å². The third-order valence-corrected chi connectivity index (χ3v) is 3.68. The summed E-state index contributed by atoms with van der Waals surface area (Å²) in [5.41, 5.74) is 0.994. The molecular weight excluding hydrogens is 292 g/mol. The molecule has 0 saturated carbocycles. The average Bonchev–Trinajstić information content (AvgIpc) is 2.62. The third kappa shape index (κ3) is 4.50. The molecule has 0 aliphatic carbocycles. The first-order chi connectivity index (χ1) is 11.3. The molecule has 1 amide bonds. The van der Waals surface area contributed by atoms with Gasteiger partial charge in [0.05, 0.1) is 26.2 Å². The molecule has 23 heavy (non-hydrogen) atoms. The van der Waals surface area contributed by atoms with Crippen molar-refractivity contribution in [2.24, 2.45) is 0 Å². The van der Waals surface area contributed by atoms with E-state index in [2.05, 4.69) is 20.2 Å². The number of morpholine rings is 1. The van der Waals surface area contributed by atoms with E-state index < -0.39 is 0 Å². The molecule has 0 atom stereocenters. The Morgan fingerprint density at radius 1 is 1.17 bits per heavy atom. The average molecular weight is 312 g/mol. The quantitative estimate of drug-likeness (QED) is 0.898. The molecule has 120 valence electrons. The van der Waals surface area contributed by atoms with Gasteiger partial charge in [0.2, 0.25) is 5.91 Å². The SMILES string of the molecule is O=C(Cc1ccccc1)NCc1nccc(N2CCOCC2)n1. The fourth-order valence-corrected chi connectivity index (χ4v) is 2.46. The van der Waals surface area contributed by atoms with Gasteiger partial charge in [0.1, 0.15) is 11.6 Å². The predicted molar refractivity (Wildman–Crippen MR) is 87.1 cm³/mol. The number of hydrogen-bond acceptors (Lipinski definition) is 5. The normalized spacial score (nSPS) is 14.5. The van der Waals surface area contributed by atoms with Gasteiger partial charge in [-0.2, -0.15) is 0 Å². The maximum absolute atomic E-state index is 12.0. The van der Waals surface area contributed by atoms with E-state index in [-0.39, 0.29) is 5.91 Å². The van der Waals surface area contributed by atoms with Crippen molar-refractivity contribution >= 4 is 11.7 Å². The Bertz CT molecular complexity index is 642. The number of rotatable bonds is 5. The maximum atomic E-state index is 12.0. The standard InChI is InChI=1S/C17H20N4O2/c22-17(12-14-4-2-1-3-5-14)19-13-15-18-7-6-16(20-15)21-8-10-23-11-9-21/h1-7H,8-13H2,(H,19,22). The monoisotopic (exact) mass is 312 g/mol. The predicted octanol–water partition coefficient (Wildman–Crippen LogP) is 1.17. The molecule has 1 aromatic heterocycles. The van der Waals surface area contributed by atoms with Crippen molar-refractivity contribution in [2.45, 2.75) is 13.0 Å². The van der Waals surface area contributed by atoms with Crippen LogP contribution in [0.15, 0.2) is 42.6 Å². The zero-order chi connectivity index (χ0) is 15.9. The van der Waals surface area contributed by atoms with Gasteiger partial charge in [0.15, 0.2) is 0 Å².